The van der Waals surface area contributed by atoms with E-state index in [9.17, 15) is 4.79 Å². The van der Waals surface area contributed by atoms with Crippen LogP contribution < -0.4 is 24.4 Å². The van der Waals surface area contributed by atoms with E-state index in [2.05, 4.69) is 15.3 Å². The molecule has 1 amide bonds. The lowest BCUT2D eigenvalue weighted by Crippen LogP contribution is -2.16. The van der Waals surface area contributed by atoms with E-state index in [0.29, 0.717) is 39.7 Å². The van der Waals surface area contributed by atoms with Crippen LogP contribution in [-0.2, 0) is 4.74 Å². The van der Waals surface area contributed by atoms with Crippen molar-refractivity contribution in [2.45, 2.75) is 13.0 Å². The standard InChI is InChI=1S/C27H28N4O5/c1-17(18-7-6-8-20(13-18)31(2)3)35-27(32)30-19-9-11-21(12-10-19)36-26-22-14-24(33-4)25(34-5)15-23(22)28-16-29-26/h6-17H,1-5H3,(H,30,32). The maximum atomic E-state index is 12.4. The Labute approximate surface area is 209 Å². The van der Waals surface area contributed by atoms with Crippen LogP contribution in [0.4, 0.5) is 16.2 Å². The zero-order chi connectivity index (χ0) is 25.7. The third-order valence-electron chi connectivity index (χ3n) is 5.56. The number of rotatable bonds is 8. The number of nitrogens with one attached hydrogen (secondary N) is 1. The summed E-state index contributed by atoms with van der Waals surface area (Å²) in [6, 6.07) is 18.3. The van der Waals surface area contributed by atoms with Crippen molar-refractivity contribution in [2.75, 3.05) is 38.5 Å². The molecule has 1 aromatic heterocycles. The molecule has 9 nitrogen and oxygen atoms in total. The van der Waals surface area contributed by atoms with Crippen molar-refractivity contribution in [3.63, 3.8) is 0 Å². The van der Waals surface area contributed by atoms with Gasteiger partial charge in [-0.15, -0.1) is 0 Å². The Morgan fingerprint density at radius 1 is 0.944 bits per heavy atom. The van der Waals surface area contributed by atoms with Crippen LogP contribution in [0.1, 0.15) is 18.6 Å². The monoisotopic (exact) mass is 488 g/mol. The fraction of sp³-hybridized carbons (Fsp3) is 0.222. The van der Waals surface area contributed by atoms with Crippen LogP contribution in [0.15, 0.2) is 67.0 Å². The van der Waals surface area contributed by atoms with Gasteiger partial charge in [0.15, 0.2) is 11.5 Å². The second-order valence-corrected chi connectivity index (χ2v) is 8.19. The zero-order valence-corrected chi connectivity index (χ0v) is 20.8. The van der Waals surface area contributed by atoms with Gasteiger partial charge >= 0.3 is 6.09 Å². The first-order valence-electron chi connectivity index (χ1n) is 11.3. The Morgan fingerprint density at radius 3 is 2.36 bits per heavy atom. The summed E-state index contributed by atoms with van der Waals surface area (Å²) in [6.45, 7) is 1.84. The lowest BCUT2D eigenvalue weighted by molar-refractivity contribution is 0.121. The second-order valence-electron chi connectivity index (χ2n) is 8.19. The molecule has 0 spiro atoms. The van der Waals surface area contributed by atoms with Gasteiger partial charge in [-0.25, -0.2) is 14.8 Å². The topological polar surface area (TPSA) is 95.0 Å². The van der Waals surface area contributed by atoms with Gasteiger partial charge in [-0.3, -0.25) is 5.32 Å². The molecule has 1 atom stereocenters. The van der Waals surface area contributed by atoms with E-state index in [1.165, 1.54) is 6.33 Å². The number of benzene rings is 3. The number of carbonyl (C=O) groups excluding carboxylic acids is 1. The fourth-order valence-electron chi connectivity index (χ4n) is 3.59. The summed E-state index contributed by atoms with van der Waals surface area (Å²) in [4.78, 5) is 23.0. The van der Waals surface area contributed by atoms with Gasteiger partial charge in [0.2, 0.25) is 5.88 Å². The van der Waals surface area contributed by atoms with Crippen molar-refractivity contribution >= 4 is 28.4 Å². The van der Waals surface area contributed by atoms with E-state index < -0.39 is 12.2 Å². The van der Waals surface area contributed by atoms with E-state index in [0.717, 1.165) is 11.3 Å². The Kier molecular flexibility index (Phi) is 7.39. The van der Waals surface area contributed by atoms with Crippen LogP contribution in [0.5, 0.6) is 23.1 Å². The fourth-order valence-corrected chi connectivity index (χ4v) is 3.59. The minimum Gasteiger partial charge on any atom is -0.493 e. The number of anilines is 2. The smallest absolute Gasteiger partial charge is 0.412 e. The highest BCUT2D eigenvalue weighted by Crippen LogP contribution is 2.36. The largest absolute Gasteiger partial charge is 0.493 e. The lowest BCUT2D eigenvalue weighted by atomic mass is 10.1. The summed E-state index contributed by atoms with van der Waals surface area (Å²) in [5.41, 5.74) is 3.17. The molecule has 0 saturated carbocycles. The van der Waals surface area contributed by atoms with Gasteiger partial charge in [0, 0.05) is 31.5 Å². The molecule has 186 valence electrons. The van der Waals surface area contributed by atoms with E-state index in [1.807, 2.05) is 50.2 Å². The summed E-state index contributed by atoms with van der Waals surface area (Å²) in [5.74, 6) is 2.02. The predicted molar refractivity (Wildman–Crippen MR) is 138 cm³/mol. The molecule has 0 radical (unpaired) electrons. The first kappa shape index (κ1) is 24.6. The number of hydrogen-bond donors (Lipinski definition) is 1. The number of nitrogens with zero attached hydrogens (tertiary/aromatic N) is 3. The van der Waals surface area contributed by atoms with E-state index >= 15 is 0 Å². The number of amides is 1. The van der Waals surface area contributed by atoms with Gasteiger partial charge in [0.05, 0.1) is 25.1 Å². The van der Waals surface area contributed by atoms with Crippen LogP contribution in [0.25, 0.3) is 10.9 Å². The quantitative estimate of drug-likeness (QED) is 0.332. The minimum absolute atomic E-state index is 0.370. The van der Waals surface area contributed by atoms with Crippen molar-refractivity contribution in [3.05, 3.63) is 72.6 Å². The number of carbonyl (C=O) groups is 1. The van der Waals surface area contributed by atoms with Crippen molar-refractivity contribution in [3.8, 4) is 23.1 Å². The number of hydrogen-bond acceptors (Lipinski definition) is 8. The first-order valence-corrected chi connectivity index (χ1v) is 11.3. The number of methoxy groups -OCH3 is 2. The average Bonchev–Trinajstić information content (AvgIpc) is 2.89. The average molecular weight is 489 g/mol. The second kappa shape index (κ2) is 10.8. The predicted octanol–water partition coefficient (Wildman–Crippen LogP) is 5.82. The molecule has 0 aliphatic carbocycles. The highest BCUT2D eigenvalue weighted by molar-refractivity contribution is 5.87. The minimum atomic E-state index is -0.547. The summed E-state index contributed by atoms with van der Waals surface area (Å²) < 4.78 is 22.3. The van der Waals surface area contributed by atoms with Gasteiger partial charge in [-0.1, -0.05) is 12.1 Å². The summed E-state index contributed by atoms with van der Waals surface area (Å²) in [6.07, 6.45) is 0.466. The molecule has 0 fully saturated rings. The molecule has 0 saturated heterocycles. The van der Waals surface area contributed by atoms with E-state index in [-0.39, 0.29) is 0 Å². The molecule has 4 aromatic rings. The van der Waals surface area contributed by atoms with Crippen molar-refractivity contribution < 1.29 is 23.7 Å². The lowest BCUT2D eigenvalue weighted by Gasteiger charge is -2.18. The van der Waals surface area contributed by atoms with Gasteiger partial charge in [-0.2, -0.15) is 0 Å². The normalized spacial score (nSPS) is 11.5. The number of ether oxygens (including phenoxy) is 4. The van der Waals surface area contributed by atoms with E-state index in [4.69, 9.17) is 18.9 Å². The van der Waals surface area contributed by atoms with Crippen molar-refractivity contribution in [1.29, 1.82) is 0 Å². The summed E-state index contributed by atoms with van der Waals surface area (Å²) in [5, 5.41) is 3.42. The summed E-state index contributed by atoms with van der Waals surface area (Å²) >= 11 is 0. The SMILES string of the molecule is COc1cc2ncnc(Oc3ccc(NC(=O)OC(C)c4cccc(N(C)C)c4)cc3)c2cc1OC. The Bertz CT molecular complexity index is 1360. The molecular formula is C27H28N4O5. The third-order valence-corrected chi connectivity index (χ3v) is 5.56. The van der Waals surface area contributed by atoms with Crippen molar-refractivity contribution in [1.82, 2.24) is 9.97 Å². The van der Waals surface area contributed by atoms with E-state index in [1.54, 1.807) is 50.6 Å². The van der Waals surface area contributed by atoms with Crippen LogP contribution in [-0.4, -0.2) is 44.4 Å². The maximum absolute atomic E-state index is 12.4. The zero-order valence-electron chi connectivity index (χ0n) is 20.8. The molecule has 0 bridgehead atoms. The Morgan fingerprint density at radius 2 is 1.67 bits per heavy atom. The molecule has 0 aliphatic rings. The number of aromatic nitrogens is 2. The van der Waals surface area contributed by atoms with Gasteiger partial charge in [0.25, 0.3) is 0 Å². The van der Waals surface area contributed by atoms with Crippen LogP contribution in [0.3, 0.4) is 0 Å². The van der Waals surface area contributed by atoms with Crippen LogP contribution in [0.2, 0.25) is 0 Å². The van der Waals surface area contributed by atoms with Gasteiger partial charge in [0.1, 0.15) is 18.2 Å². The summed E-state index contributed by atoms with van der Waals surface area (Å²) in [7, 11) is 7.06. The van der Waals surface area contributed by atoms with Gasteiger partial charge in [-0.05, 0) is 55.0 Å². The molecule has 1 heterocycles. The molecule has 1 unspecified atom stereocenters. The highest BCUT2D eigenvalue weighted by atomic mass is 16.6. The molecule has 0 aliphatic heterocycles. The molecule has 1 N–H and O–H groups in total. The van der Waals surface area contributed by atoms with Crippen LogP contribution in [0, 0.1) is 0 Å². The maximum Gasteiger partial charge on any atom is 0.412 e. The molecule has 3 aromatic carbocycles. The van der Waals surface area contributed by atoms with Crippen LogP contribution >= 0.6 is 0 Å². The molecule has 4 rings (SSSR count). The first-order chi connectivity index (χ1) is 17.4. The Balaban J connectivity index is 1.42. The molecule has 36 heavy (non-hydrogen) atoms. The highest BCUT2D eigenvalue weighted by Gasteiger charge is 2.14. The van der Waals surface area contributed by atoms with Crippen molar-refractivity contribution in [2.24, 2.45) is 0 Å². The third kappa shape index (κ3) is 5.57. The molecule has 9 heteroatoms. The molecular weight excluding hydrogens is 460 g/mol. The Hall–Kier alpha value is -4.53. The van der Waals surface area contributed by atoms with Gasteiger partial charge < -0.3 is 23.8 Å². The number of fused-ring (bicyclic) bond motifs is 1.